The Morgan fingerprint density at radius 3 is 2.36 bits per heavy atom. The van der Waals surface area contributed by atoms with Gasteiger partial charge in [-0.05, 0) is 39.2 Å². The highest BCUT2D eigenvalue weighted by atomic mass is 16.6. The average Bonchev–Trinajstić information content (AvgIpc) is 2.63. The quantitative estimate of drug-likeness (QED) is 0.696. The molecule has 6 heteroatoms. The van der Waals surface area contributed by atoms with E-state index in [4.69, 9.17) is 14.2 Å². The van der Waals surface area contributed by atoms with Crippen molar-refractivity contribution in [3.8, 4) is 0 Å². The average molecular weight is 389 g/mol. The van der Waals surface area contributed by atoms with E-state index in [0.29, 0.717) is 45.7 Å². The van der Waals surface area contributed by atoms with E-state index in [1.165, 1.54) is 0 Å². The summed E-state index contributed by atoms with van der Waals surface area (Å²) >= 11 is 0. The second kappa shape index (κ2) is 9.05. The number of carbonyl (C=O) groups excluding carboxylic acids is 2. The van der Waals surface area contributed by atoms with E-state index in [1.807, 2.05) is 51.1 Å². The first-order valence-electron chi connectivity index (χ1n) is 10.1. The lowest BCUT2D eigenvalue weighted by molar-refractivity contribution is -0.133. The first kappa shape index (κ1) is 20.8. The van der Waals surface area contributed by atoms with E-state index >= 15 is 0 Å². The Balaban J connectivity index is 1.49. The van der Waals surface area contributed by atoms with Gasteiger partial charge >= 0.3 is 6.09 Å². The molecule has 6 nitrogen and oxygen atoms in total. The van der Waals surface area contributed by atoms with E-state index in [2.05, 4.69) is 0 Å². The molecule has 3 rings (SSSR count). The number of ketones is 1. The number of amides is 1. The van der Waals surface area contributed by atoms with Gasteiger partial charge in [0.2, 0.25) is 0 Å². The number of hydrogen-bond acceptors (Lipinski definition) is 5. The molecule has 0 N–H and O–H groups in total. The molecular formula is C22H31NO5. The van der Waals surface area contributed by atoms with Crippen molar-refractivity contribution in [3.63, 3.8) is 0 Å². The van der Waals surface area contributed by atoms with Gasteiger partial charge in [-0.2, -0.15) is 0 Å². The fourth-order valence-corrected chi connectivity index (χ4v) is 3.93. The van der Waals surface area contributed by atoms with Gasteiger partial charge < -0.3 is 14.2 Å². The number of ether oxygens (including phenoxy) is 3. The van der Waals surface area contributed by atoms with Gasteiger partial charge in [-0.3, -0.25) is 9.69 Å². The van der Waals surface area contributed by atoms with E-state index in [-0.39, 0.29) is 29.9 Å². The van der Waals surface area contributed by atoms with Crippen LogP contribution in [0.25, 0.3) is 0 Å². The zero-order chi connectivity index (χ0) is 20.1. The van der Waals surface area contributed by atoms with Crippen LogP contribution in [0.5, 0.6) is 0 Å². The minimum atomic E-state index is -0.533. The predicted molar refractivity (Wildman–Crippen MR) is 105 cm³/mol. The normalized spacial score (nSPS) is 24.7. The SMILES string of the molecule is CC(C)(C)OC(=O)N1C2COCC1CC(C(=O)CCOCc1ccccc1)C2. The molecule has 1 aromatic rings. The summed E-state index contributed by atoms with van der Waals surface area (Å²) in [5.74, 6) is 0.173. The Bertz CT molecular complexity index is 655. The lowest BCUT2D eigenvalue weighted by atomic mass is 9.82. The number of piperidine rings is 1. The van der Waals surface area contributed by atoms with Crippen molar-refractivity contribution in [2.45, 2.75) is 64.3 Å². The third kappa shape index (κ3) is 5.55. The maximum absolute atomic E-state index is 12.7. The molecule has 2 atom stereocenters. The molecule has 2 aliphatic rings. The molecule has 2 unspecified atom stereocenters. The van der Waals surface area contributed by atoms with Crippen molar-refractivity contribution in [2.75, 3.05) is 19.8 Å². The smallest absolute Gasteiger partial charge is 0.410 e. The van der Waals surface area contributed by atoms with Crippen LogP contribution in [-0.2, 0) is 25.6 Å². The highest BCUT2D eigenvalue weighted by molar-refractivity contribution is 5.81. The topological polar surface area (TPSA) is 65.1 Å². The number of carbonyl (C=O) groups is 2. The lowest BCUT2D eigenvalue weighted by Crippen LogP contribution is -2.60. The maximum atomic E-state index is 12.7. The molecule has 28 heavy (non-hydrogen) atoms. The summed E-state index contributed by atoms with van der Waals surface area (Å²) in [5.41, 5.74) is 0.571. The highest BCUT2D eigenvalue weighted by Gasteiger charge is 2.44. The molecular weight excluding hydrogens is 358 g/mol. The largest absolute Gasteiger partial charge is 0.444 e. The van der Waals surface area contributed by atoms with E-state index in [9.17, 15) is 9.59 Å². The second-order valence-corrected chi connectivity index (χ2v) is 8.66. The van der Waals surface area contributed by atoms with E-state index in [0.717, 1.165) is 5.56 Å². The Labute approximate surface area is 167 Å². The molecule has 2 saturated heterocycles. The molecule has 2 fully saturated rings. The Morgan fingerprint density at radius 1 is 1.11 bits per heavy atom. The van der Waals surface area contributed by atoms with Crippen LogP contribution in [-0.4, -0.2) is 54.3 Å². The summed E-state index contributed by atoms with van der Waals surface area (Å²) in [6, 6.07) is 9.75. The summed E-state index contributed by atoms with van der Waals surface area (Å²) in [6.07, 6.45) is 1.37. The fourth-order valence-electron chi connectivity index (χ4n) is 3.93. The third-order valence-corrected chi connectivity index (χ3v) is 5.18. The molecule has 0 aliphatic carbocycles. The van der Waals surface area contributed by atoms with Crippen LogP contribution < -0.4 is 0 Å². The van der Waals surface area contributed by atoms with Gasteiger partial charge in [0.15, 0.2) is 0 Å². The Hall–Kier alpha value is -1.92. The summed E-state index contributed by atoms with van der Waals surface area (Å²) in [4.78, 5) is 27.1. The van der Waals surface area contributed by atoms with Crippen molar-refractivity contribution >= 4 is 11.9 Å². The zero-order valence-electron chi connectivity index (χ0n) is 17.1. The maximum Gasteiger partial charge on any atom is 0.410 e. The minimum absolute atomic E-state index is 0.0436. The first-order chi connectivity index (χ1) is 13.3. The number of nitrogens with zero attached hydrogens (tertiary/aromatic N) is 1. The van der Waals surface area contributed by atoms with Gasteiger partial charge in [0, 0.05) is 12.3 Å². The van der Waals surface area contributed by atoms with Crippen LogP contribution in [0.15, 0.2) is 30.3 Å². The van der Waals surface area contributed by atoms with Crippen molar-refractivity contribution < 1.29 is 23.8 Å². The standard InChI is InChI=1S/C22H31NO5/c1-22(2,3)28-21(25)23-18-11-17(12-19(23)15-27-14-18)20(24)9-10-26-13-16-7-5-4-6-8-16/h4-8,17-19H,9-15H2,1-3H3. The van der Waals surface area contributed by atoms with Crippen LogP contribution in [0.4, 0.5) is 4.79 Å². The Kier molecular flexibility index (Phi) is 6.73. The Morgan fingerprint density at radius 2 is 1.75 bits per heavy atom. The van der Waals surface area contributed by atoms with Crippen LogP contribution >= 0.6 is 0 Å². The van der Waals surface area contributed by atoms with Crippen LogP contribution in [0.1, 0.15) is 45.6 Å². The number of benzene rings is 1. The molecule has 0 spiro atoms. The minimum Gasteiger partial charge on any atom is -0.444 e. The number of morpholine rings is 1. The fraction of sp³-hybridized carbons (Fsp3) is 0.636. The monoisotopic (exact) mass is 389 g/mol. The number of fused-ring (bicyclic) bond motifs is 2. The van der Waals surface area contributed by atoms with Gasteiger partial charge in [-0.15, -0.1) is 0 Å². The summed E-state index contributed by atoms with van der Waals surface area (Å²) in [6.45, 7) is 7.46. The van der Waals surface area contributed by atoms with Crippen LogP contribution in [0.2, 0.25) is 0 Å². The van der Waals surface area contributed by atoms with Gasteiger partial charge in [-0.1, -0.05) is 30.3 Å². The predicted octanol–water partition coefficient (Wildman–Crippen LogP) is 3.58. The van der Waals surface area contributed by atoms with E-state index in [1.54, 1.807) is 4.90 Å². The highest BCUT2D eigenvalue weighted by Crippen LogP contribution is 2.33. The first-order valence-corrected chi connectivity index (χ1v) is 10.1. The van der Waals surface area contributed by atoms with Crippen LogP contribution in [0.3, 0.4) is 0 Å². The van der Waals surface area contributed by atoms with Gasteiger partial charge in [0.25, 0.3) is 0 Å². The van der Waals surface area contributed by atoms with Crippen molar-refractivity contribution in [1.29, 1.82) is 0 Å². The van der Waals surface area contributed by atoms with Gasteiger partial charge in [0.1, 0.15) is 11.4 Å². The van der Waals surface area contributed by atoms with Crippen molar-refractivity contribution in [2.24, 2.45) is 5.92 Å². The molecule has 2 bridgehead atoms. The van der Waals surface area contributed by atoms with Gasteiger partial charge in [-0.25, -0.2) is 4.79 Å². The lowest BCUT2D eigenvalue weighted by Gasteiger charge is -2.47. The van der Waals surface area contributed by atoms with Crippen molar-refractivity contribution in [3.05, 3.63) is 35.9 Å². The molecule has 2 aliphatic heterocycles. The second-order valence-electron chi connectivity index (χ2n) is 8.66. The molecule has 0 radical (unpaired) electrons. The summed E-state index contributed by atoms with van der Waals surface area (Å²) in [7, 11) is 0. The zero-order valence-corrected chi connectivity index (χ0v) is 17.1. The number of rotatable bonds is 6. The van der Waals surface area contributed by atoms with Gasteiger partial charge in [0.05, 0.1) is 38.5 Å². The summed E-state index contributed by atoms with van der Waals surface area (Å²) < 4.78 is 16.9. The third-order valence-electron chi connectivity index (χ3n) is 5.18. The molecule has 1 amide bonds. The van der Waals surface area contributed by atoms with Crippen molar-refractivity contribution in [1.82, 2.24) is 4.90 Å². The van der Waals surface area contributed by atoms with E-state index < -0.39 is 5.60 Å². The molecule has 1 aromatic carbocycles. The van der Waals surface area contributed by atoms with Crippen LogP contribution in [0, 0.1) is 5.92 Å². The summed E-state index contributed by atoms with van der Waals surface area (Å²) in [5, 5.41) is 0. The number of Topliss-reactive ketones (excluding diaryl/α,β-unsaturated/α-hetero) is 1. The molecule has 2 heterocycles. The number of hydrogen-bond donors (Lipinski definition) is 0. The molecule has 154 valence electrons. The molecule has 0 aromatic heterocycles. The molecule has 0 saturated carbocycles.